The molecule has 0 fully saturated rings. The first-order valence-corrected chi connectivity index (χ1v) is 4.38. The SMILES string of the molecule is NSc1sc(Cl)nc1Cl. The molecule has 2 N–H and O–H groups in total. The first-order chi connectivity index (χ1) is 4.24. The molecule has 0 aliphatic rings. The highest BCUT2D eigenvalue weighted by Crippen LogP contribution is 2.31. The van der Waals surface area contributed by atoms with Gasteiger partial charge in [-0.25, -0.2) is 4.98 Å². The molecule has 6 heteroatoms. The van der Waals surface area contributed by atoms with Crippen molar-refractivity contribution in [2.75, 3.05) is 0 Å². The fourth-order valence-corrected chi connectivity index (χ4v) is 2.21. The third-order valence-electron chi connectivity index (χ3n) is 0.638. The maximum Gasteiger partial charge on any atom is 0.186 e. The van der Waals surface area contributed by atoms with E-state index in [0.29, 0.717) is 9.62 Å². The summed E-state index contributed by atoms with van der Waals surface area (Å²) < 4.78 is 1.18. The lowest BCUT2D eigenvalue weighted by molar-refractivity contribution is 1.37. The van der Waals surface area contributed by atoms with Crippen molar-refractivity contribution in [1.29, 1.82) is 0 Å². The van der Waals surface area contributed by atoms with Gasteiger partial charge in [-0.05, 0) is 11.9 Å². The first kappa shape index (κ1) is 7.63. The Morgan fingerprint density at radius 1 is 1.56 bits per heavy atom. The Morgan fingerprint density at radius 2 is 2.22 bits per heavy atom. The third-order valence-corrected chi connectivity index (χ3v) is 3.04. The molecular weight excluding hydrogens is 199 g/mol. The predicted molar refractivity (Wildman–Crippen MR) is 42.2 cm³/mol. The molecule has 0 aromatic carbocycles. The van der Waals surface area contributed by atoms with Gasteiger partial charge in [0.25, 0.3) is 0 Å². The summed E-state index contributed by atoms with van der Waals surface area (Å²) in [6, 6.07) is 0. The molecule has 0 aliphatic heterocycles. The Hall–Kier alpha value is 0.520. The third kappa shape index (κ3) is 1.72. The molecule has 1 aromatic rings. The van der Waals surface area contributed by atoms with E-state index in [1.54, 1.807) is 0 Å². The van der Waals surface area contributed by atoms with Gasteiger partial charge in [0.1, 0.15) is 4.21 Å². The van der Waals surface area contributed by atoms with Gasteiger partial charge in [0, 0.05) is 0 Å². The summed E-state index contributed by atoms with van der Waals surface area (Å²) in [5.74, 6) is 0. The van der Waals surface area contributed by atoms with E-state index >= 15 is 0 Å². The van der Waals surface area contributed by atoms with Gasteiger partial charge < -0.3 is 0 Å². The van der Waals surface area contributed by atoms with E-state index in [-0.39, 0.29) is 0 Å². The Kier molecular flexibility index (Phi) is 2.60. The lowest BCUT2D eigenvalue weighted by Crippen LogP contribution is -1.73. The highest BCUT2D eigenvalue weighted by atomic mass is 35.5. The van der Waals surface area contributed by atoms with Crippen molar-refractivity contribution in [1.82, 2.24) is 4.98 Å². The molecule has 2 nitrogen and oxygen atoms in total. The number of thiazole rings is 1. The van der Waals surface area contributed by atoms with Crippen LogP contribution in [0.3, 0.4) is 0 Å². The topological polar surface area (TPSA) is 38.9 Å². The number of halogens is 2. The van der Waals surface area contributed by atoms with Gasteiger partial charge in [0.15, 0.2) is 9.62 Å². The number of aromatic nitrogens is 1. The van der Waals surface area contributed by atoms with Crippen LogP contribution in [0.15, 0.2) is 4.21 Å². The van der Waals surface area contributed by atoms with Crippen LogP contribution >= 0.6 is 46.5 Å². The van der Waals surface area contributed by atoms with Crippen molar-refractivity contribution >= 4 is 46.5 Å². The van der Waals surface area contributed by atoms with E-state index in [0.717, 1.165) is 16.2 Å². The number of hydrogen-bond donors (Lipinski definition) is 1. The Balaban J connectivity index is 3.01. The Morgan fingerprint density at radius 3 is 2.44 bits per heavy atom. The molecule has 0 aliphatic carbocycles. The van der Waals surface area contributed by atoms with Gasteiger partial charge in [-0.2, -0.15) is 0 Å². The van der Waals surface area contributed by atoms with Crippen molar-refractivity contribution in [3.8, 4) is 0 Å². The summed E-state index contributed by atoms with van der Waals surface area (Å²) in [5.41, 5.74) is 0. The van der Waals surface area contributed by atoms with Crippen LogP contribution in [0.1, 0.15) is 0 Å². The van der Waals surface area contributed by atoms with E-state index in [9.17, 15) is 0 Å². The van der Waals surface area contributed by atoms with Crippen molar-refractivity contribution in [2.24, 2.45) is 5.14 Å². The summed E-state index contributed by atoms with van der Waals surface area (Å²) >= 11 is 13.4. The van der Waals surface area contributed by atoms with Gasteiger partial charge in [0.05, 0.1) is 0 Å². The van der Waals surface area contributed by atoms with Gasteiger partial charge in [0.2, 0.25) is 0 Å². The highest BCUT2D eigenvalue weighted by Gasteiger charge is 2.05. The summed E-state index contributed by atoms with van der Waals surface area (Å²) in [6.07, 6.45) is 0. The lowest BCUT2D eigenvalue weighted by atomic mass is 11.0. The van der Waals surface area contributed by atoms with Crippen LogP contribution in [0.25, 0.3) is 0 Å². The average molecular weight is 201 g/mol. The van der Waals surface area contributed by atoms with E-state index in [2.05, 4.69) is 4.98 Å². The summed E-state index contributed by atoms with van der Waals surface area (Å²) in [5, 5.41) is 5.59. The molecule has 1 heterocycles. The van der Waals surface area contributed by atoms with E-state index in [4.69, 9.17) is 28.3 Å². The summed E-state index contributed by atoms with van der Waals surface area (Å²) in [6.45, 7) is 0. The quantitative estimate of drug-likeness (QED) is 0.709. The van der Waals surface area contributed by atoms with Crippen molar-refractivity contribution in [2.45, 2.75) is 4.21 Å². The second kappa shape index (κ2) is 3.07. The van der Waals surface area contributed by atoms with Gasteiger partial charge in [-0.15, -0.1) is 0 Å². The zero-order valence-corrected chi connectivity index (χ0v) is 7.24. The van der Waals surface area contributed by atoms with Gasteiger partial charge in [-0.3, -0.25) is 5.14 Å². The minimum absolute atomic E-state index is 0.387. The summed E-state index contributed by atoms with van der Waals surface area (Å²) in [7, 11) is 0. The number of hydrogen-bond acceptors (Lipinski definition) is 4. The highest BCUT2D eigenvalue weighted by molar-refractivity contribution is 7.99. The second-order valence-electron chi connectivity index (χ2n) is 1.16. The molecule has 50 valence electrons. The monoisotopic (exact) mass is 200 g/mol. The Bertz CT molecular complexity index is 212. The minimum Gasteiger partial charge on any atom is -0.273 e. The largest absolute Gasteiger partial charge is 0.273 e. The predicted octanol–water partition coefficient (Wildman–Crippen LogP) is 2.42. The second-order valence-corrected chi connectivity index (χ2v) is 4.00. The van der Waals surface area contributed by atoms with E-state index in [1.807, 2.05) is 0 Å². The zero-order valence-electron chi connectivity index (χ0n) is 4.10. The van der Waals surface area contributed by atoms with Crippen LogP contribution in [0.4, 0.5) is 0 Å². The van der Waals surface area contributed by atoms with Crippen LogP contribution in [0.5, 0.6) is 0 Å². The molecule has 0 bridgehead atoms. The number of nitrogens with two attached hydrogens (primary N) is 1. The minimum atomic E-state index is 0.387. The maximum absolute atomic E-state index is 5.56. The Labute approximate surface area is 70.5 Å². The van der Waals surface area contributed by atoms with E-state index < -0.39 is 0 Å². The van der Waals surface area contributed by atoms with Gasteiger partial charge >= 0.3 is 0 Å². The lowest BCUT2D eigenvalue weighted by Gasteiger charge is -1.82. The smallest absolute Gasteiger partial charge is 0.186 e. The van der Waals surface area contributed by atoms with Crippen LogP contribution in [-0.2, 0) is 0 Å². The molecule has 0 spiro atoms. The van der Waals surface area contributed by atoms with Crippen LogP contribution < -0.4 is 5.14 Å². The first-order valence-electron chi connectivity index (χ1n) is 1.92. The molecule has 0 atom stereocenters. The van der Waals surface area contributed by atoms with E-state index in [1.165, 1.54) is 11.3 Å². The van der Waals surface area contributed by atoms with Crippen LogP contribution in [0.2, 0.25) is 9.62 Å². The normalized spacial score (nSPS) is 10.1. The molecule has 0 radical (unpaired) electrons. The average Bonchev–Trinajstić information content (AvgIpc) is 2.10. The summed E-state index contributed by atoms with van der Waals surface area (Å²) in [4.78, 5) is 3.73. The molecule has 9 heavy (non-hydrogen) atoms. The van der Waals surface area contributed by atoms with Crippen molar-refractivity contribution in [3.63, 3.8) is 0 Å². The van der Waals surface area contributed by atoms with Crippen LogP contribution in [0, 0.1) is 0 Å². The molecule has 1 rings (SSSR count). The molecule has 1 aromatic heterocycles. The molecule has 0 unspecified atom stereocenters. The molecule has 0 saturated heterocycles. The number of nitrogens with zero attached hydrogens (tertiary/aromatic N) is 1. The van der Waals surface area contributed by atoms with Gasteiger partial charge in [-0.1, -0.05) is 34.5 Å². The fraction of sp³-hybridized carbons (Fsp3) is 0. The van der Waals surface area contributed by atoms with Crippen molar-refractivity contribution < 1.29 is 0 Å². The molecular formula is C3H2Cl2N2S2. The molecule has 0 amide bonds. The van der Waals surface area contributed by atoms with Crippen molar-refractivity contribution in [3.05, 3.63) is 9.62 Å². The maximum atomic E-state index is 5.56. The standard InChI is InChI=1S/C3H2Cl2N2S2/c4-1-2(9-6)8-3(5)7-1/h6H2. The number of rotatable bonds is 1. The van der Waals surface area contributed by atoms with Crippen LogP contribution in [-0.4, -0.2) is 4.98 Å². The zero-order chi connectivity index (χ0) is 6.85. The molecule has 0 saturated carbocycles. The fourth-order valence-electron chi connectivity index (χ4n) is 0.337.